The second kappa shape index (κ2) is 4.11. The zero-order valence-corrected chi connectivity index (χ0v) is 10.5. The molecule has 0 unspecified atom stereocenters. The molecule has 0 bridgehead atoms. The number of nitrogens with zero attached hydrogens (tertiary/aromatic N) is 2. The molecule has 1 atom stereocenters. The first kappa shape index (κ1) is 14.7. The normalized spacial score (nSPS) is 25.1. The van der Waals surface area contributed by atoms with Gasteiger partial charge in [0.15, 0.2) is 0 Å². The maximum absolute atomic E-state index is 12.8. The van der Waals surface area contributed by atoms with E-state index < -0.39 is 30.0 Å². The van der Waals surface area contributed by atoms with E-state index >= 15 is 0 Å². The number of halogens is 3. The average molecular weight is 268 g/mol. The Morgan fingerprint density at radius 1 is 1.44 bits per heavy atom. The number of hydrogen-bond acceptors (Lipinski definition) is 4. The van der Waals surface area contributed by atoms with E-state index in [0.717, 1.165) is 0 Å². The highest BCUT2D eigenvalue weighted by Crippen LogP contribution is 2.40. The van der Waals surface area contributed by atoms with Crippen molar-refractivity contribution in [2.24, 2.45) is 5.10 Å². The second-order valence-corrected chi connectivity index (χ2v) is 5.12. The first-order chi connectivity index (χ1) is 7.87. The van der Waals surface area contributed by atoms with E-state index in [1.54, 1.807) is 0 Å². The predicted octanol–water partition coefficient (Wildman–Crippen LogP) is 2.25. The van der Waals surface area contributed by atoms with Crippen LogP contribution in [0.3, 0.4) is 0 Å². The van der Waals surface area contributed by atoms with Crippen molar-refractivity contribution in [3.8, 4) is 0 Å². The van der Waals surface area contributed by atoms with Crippen LogP contribution in [0.25, 0.3) is 0 Å². The van der Waals surface area contributed by atoms with Gasteiger partial charge in [-0.25, -0.2) is 4.79 Å². The molecule has 0 spiro atoms. The lowest BCUT2D eigenvalue weighted by molar-refractivity contribution is -0.300. The number of carbonyl (C=O) groups is 1. The van der Waals surface area contributed by atoms with Gasteiger partial charge >= 0.3 is 12.3 Å². The van der Waals surface area contributed by atoms with Crippen LogP contribution in [0, 0.1) is 0 Å². The van der Waals surface area contributed by atoms with Crippen LogP contribution < -0.4 is 0 Å². The summed E-state index contributed by atoms with van der Waals surface area (Å²) in [6, 6.07) is 0. The Morgan fingerprint density at radius 3 is 2.33 bits per heavy atom. The van der Waals surface area contributed by atoms with Gasteiger partial charge in [-0.3, -0.25) is 0 Å². The molecule has 1 aliphatic heterocycles. The lowest BCUT2D eigenvalue weighted by atomic mass is 10.1. The molecule has 1 rings (SSSR count). The number of alkyl halides is 3. The van der Waals surface area contributed by atoms with Gasteiger partial charge in [-0.1, -0.05) is 0 Å². The van der Waals surface area contributed by atoms with Crippen LogP contribution in [-0.2, 0) is 4.74 Å². The van der Waals surface area contributed by atoms with Crippen molar-refractivity contribution in [2.45, 2.75) is 51.6 Å². The second-order valence-electron chi connectivity index (χ2n) is 5.12. The van der Waals surface area contributed by atoms with E-state index in [9.17, 15) is 23.1 Å². The predicted molar refractivity (Wildman–Crippen MR) is 56.8 cm³/mol. The minimum Gasteiger partial charge on any atom is -0.442 e. The van der Waals surface area contributed by atoms with Gasteiger partial charge in [-0.05, 0) is 27.7 Å². The van der Waals surface area contributed by atoms with Crippen molar-refractivity contribution in [3.63, 3.8) is 0 Å². The van der Waals surface area contributed by atoms with Crippen molar-refractivity contribution in [3.05, 3.63) is 0 Å². The maximum atomic E-state index is 12.8. The van der Waals surface area contributed by atoms with Crippen molar-refractivity contribution in [1.29, 1.82) is 0 Å². The standard InChI is InChI=1S/C10H15F3N2O3/c1-6-5-9(17,10(11,12)13)15(14-6)7(16)18-8(2,3)4/h17H,5H2,1-4H3/t9-/m1/s1. The van der Waals surface area contributed by atoms with Crippen LogP contribution in [0.15, 0.2) is 5.10 Å². The van der Waals surface area contributed by atoms with Crippen molar-refractivity contribution in [2.75, 3.05) is 0 Å². The Morgan fingerprint density at radius 2 is 1.94 bits per heavy atom. The number of carbonyl (C=O) groups excluding carboxylic acids is 1. The Labute approximate surface area is 102 Å². The SMILES string of the molecule is CC1=NN(C(=O)OC(C)(C)C)[C@](O)(C(F)(F)F)C1. The van der Waals surface area contributed by atoms with Gasteiger partial charge in [0.1, 0.15) is 5.60 Å². The Balaban J connectivity index is 3.02. The van der Waals surface area contributed by atoms with Crippen LogP contribution in [0.1, 0.15) is 34.1 Å². The van der Waals surface area contributed by atoms with Gasteiger partial charge in [0, 0.05) is 12.1 Å². The van der Waals surface area contributed by atoms with Crippen LogP contribution >= 0.6 is 0 Å². The summed E-state index contributed by atoms with van der Waals surface area (Å²) in [6.45, 7) is 5.81. The molecular formula is C10H15F3N2O3. The zero-order chi connectivity index (χ0) is 14.4. The fourth-order valence-corrected chi connectivity index (χ4v) is 1.44. The molecule has 0 aliphatic carbocycles. The Hall–Kier alpha value is -1.31. The fraction of sp³-hybridized carbons (Fsp3) is 0.800. The summed E-state index contributed by atoms with van der Waals surface area (Å²) in [7, 11) is 0. The van der Waals surface area contributed by atoms with Gasteiger partial charge in [-0.2, -0.15) is 23.3 Å². The van der Waals surface area contributed by atoms with E-state index in [4.69, 9.17) is 4.74 Å². The summed E-state index contributed by atoms with van der Waals surface area (Å²) < 4.78 is 43.1. The van der Waals surface area contributed by atoms with Crippen molar-refractivity contribution in [1.82, 2.24) is 5.01 Å². The number of ether oxygens (including phenoxy) is 1. The molecule has 1 heterocycles. The van der Waals surface area contributed by atoms with E-state index in [0.29, 0.717) is 0 Å². The number of amides is 1. The van der Waals surface area contributed by atoms with E-state index in [1.165, 1.54) is 27.7 Å². The summed E-state index contributed by atoms with van der Waals surface area (Å²) in [4.78, 5) is 11.6. The molecule has 1 aliphatic rings. The molecule has 0 saturated carbocycles. The summed E-state index contributed by atoms with van der Waals surface area (Å²) in [5.74, 6) is 0. The van der Waals surface area contributed by atoms with Crippen molar-refractivity contribution >= 4 is 11.8 Å². The third-order valence-electron chi connectivity index (χ3n) is 2.14. The molecule has 0 radical (unpaired) electrons. The zero-order valence-electron chi connectivity index (χ0n) is 10.5. The highest BCUT2D eigenvalue weighted by Gasteiger charge is 2.63. The van der Waals surface area contributed by atoms with Crippen LogP contribution in [0.5, 0.6) is 0 Å². The largest absolute Gasteiger partial charge is 0.442 e. The van der Waals surface area contributed by atoms with Crippen LogP contribution in [0.2, 0.25) is 0 Å². The molecule has 0 aromatic carbocycles. The monoisotopic (exact) mass is 268 g/mol. The molecule has 0 fully saturated rings. The fourth-order valence-electron chi connectivity index (χ4n) is 1.44. The highest BCUT2D eigenvalue weighted by atomic mass is 19.4. The number of hydrogen-bond donors (Lipinski definition) is 1. The van der Waals surface area contributed by atoms with Gasteiger partial charge in [0.25, 0.3) is 5.72 Å². The summed E-state index contributed by atoms with van der Waals surface area (Å²) in [5, 5.41) is 13.0. The molecule has 8 heteroatoms. The van der Waals surface area contributed by atoms with Gasteiger partial charge < -0.3 is 9.84 Å². The summed E-state index contributed by atoms with van der Waals surface area (Å²) >= 11 is 0. The minimum atomic E-state index is -5.01. The third kappa shape index (κ3) is 2.74. The molecule has 5 nitrogen and oxygen atoms in total. The summed E-state index contributed by atoms with van der Waals surface area (Å²) in [6.07, 6.45) is -7.12. The number of hydrazone groups is 1. The quantitative estimate of drug-likeness (QED) is 0.733. The molecule has 1 N–H and O–H groups in total. The van der Waals surface area contributed by atoms with E-state index in [1.807, 2.05) is 0 Å². The smallest absolute Gasteiger partial charge is 0.439 e. The Kier molecular flexibility index (Phi) is 3.37. The van der Waals surface area contributed by atoms with Crippen LogP contribution in [-0.4, -0.2) is 39.4 Å². The molecule has 18 heavy (non-hydrogen) atoms. The molecule has 0 aromatic rings. The molecule has 0 aromatic heterocycles. The Bertz CT molecular complexity index is 387. The average Bonchev–Trinajstić information content (AvgIpc) is 2.38. The maximum Gasteiger partial charge on any atom is 0.439 e. The molecular weight excluding hydrogens is 253 g/mol. The van der Waals surface area contributed by atoms with E-state index in [-0.39, 0.29) is 10.7 Å². The van der Waals surface area contributed by atoms with Gasteiger partial charge in [0.05, 0.1) is 0 Å². The minimum absolute atomic E-state index is 0.000634. The first-order valence-corrected chi connectivity index (χ1v) is 5.23. The van der Waals surface area contributed by atoms with Crippen molar-refractivity contribution < 1.29 is 27.8 Å². The lowest BCUT2D eigenvalue weighted by Gasteiger charge is -2.33. The molecule has 0 saturated heterocycles. The van der Waals surface area contributed by atoms with E-state index in [2.05, 4.69) is 5.10 Å². The van der Waals surface area contributed by atoms with Gasteiger partial charge in [-0.15, -0.1) is 0 Å². The molecule has 104 valence electrons. The highest BCUT2D eigenvalue weighted by molar-refractivity contribution is 5.87. The first-order valence-electron chi connectivity index (χ1n) is 5.23. The third-order valence-corrected chi connectivity index (χ3v) is 2.14. The topological polar surface area (TPSA) is 62.1 Å². The van der Waals surface area contributed by atoms with Crippen LogP contribution in [0.4, 0.5) is 18.0 Å². The van der Waals surface area contributed by atoms with Gasteiger partial charge in [0.2, 0.25) is 0 Å². The number of aliphatic hydroxyl groups is 1. The summed E-state index contributed by atoms with van der Waals surface area (Å²) in [5.41, 5.74) is -4.31. The lowest BCUT2D eigenvalue weighted by Crippen LogP contribution is -2.57. The molecule has 1 amide bonds. The number of rotatable bonds is 0.